The van der Waals surface area contributed by atoms with Crippen LogP contribution in [0.1, 0.15) is 49.7 Å². The Hall–Kier alpha value is -1.88. The monoisotopic (exact) mass is 289 g/mol. The Morgan fingerprint density at radius 2 is 2.05 bits per heavy atom. The van der Waals surface area contributed by atoms with Crippen molar-refractivity contribution < 1.29 is 9.37 Å². The van der Waals surface area contributed by atoms with Crippen molar-refractivity contribution in [3.8, 4) is 5.75 Å². The van der Waals surface area contributed by atoms with Gasteiger partial charge in [0.05, 0.1) is 0 Å². The van der Waals surface area contributed by atoms with Crippen LogP contribution in [-0.4, -0.2) is 16.9 Å². The number of ether oxygens (including phenoxy) is 1. The van der Waals surface area contributed by atoms with Crippen LogP contribution in [0.25, 0.3) is 0 Å². The van der Waals surface area contributed by atoms with Gasteiger partial charge in [0.25, 0.3) is 0 Å². The average molecular weight is 289 g/mol. The standard InChI is InChI=1S/C16H23N3O2/c1-4-10-17-14(5-2)13-8-6-7-9-16(13)20-11-15-12(3)18-21-19-15/h6-9,14,17H,4-5,10-11H2,1-3H3. The number of hydrogen-bond acceptors (Lipinski definition) is 5. The van der Waals surface area contributed by atoms with Crippen LogP contribution >= 0.6 is 0 Å². The molecule has 0 aliphatic carbocycles. The molecule has 0 aliphatic rings. The van der Waals surface area contributed by atoms with Crippen molar-refractivity contribution in [2.75, 3.05) is 6.54 Å². The molecular formula is C16H23N3O2. The van der Waals surface area contributed by atoms with Crippen LogP contribution in [0.5, 0.6) is 5.75 Å². The summed E-state index contributed by atoms with van der Waals surface area (Å²) in [5.74, 6) is 0.885. The van der Waals surface area contributed by atoms with Gasteiger partial charge in [0.1, 0.15) is 23.7 Å². The molecule has 0 bridgehead atoms. The quantitative estimate of drug-likeness (QED) is 0.807. The first kappa shape index (κ1) is 15.5. The zero-order chi connectivity index (χ0) is 15.1. The van der Waals surface area contributed by atoms with Crippen molar-refractivity contribution in [2.45, 2.75) is 46.3 Å². The number of para-hydroxylation sites is 1. The second kappa shape index (κ2) is 7.78. The van der Waals surface area contributed by atoms with Gasteiger partial charge in [-0.15, -0.1) is 0 Å². The van der Waals surface area contributed by atoms with E-state index in [1.54, 1.807) is 0 Å². The molecule has 1 aromatic heterocycles. The minimum absolute atomic E-state index is 0.303. The van der Waals surface area contributed by atoms with E-state index in [4.69, 9.17) is 9.37 Å². The third kappa shape index (κ3) is 4.04. The molecule has 1 N–H and O–H groups in total. The van der Waals surface area contributed by atoms with Gasteiger partial charge in [-0.05, 0) is 32.4 Å². The molecule has 114 valence electrons. The zero-order valence-corrected chi connectivity index (χ0v) is 12.9. The fourth-order valence-electron chi connectivity index (χ4n) is 2.22. The number of hydrogen-bond donors (Lipinski definition) is 1. The average Bonchev–Trinajstić information content (AvgIpc) is 2.92. The normalized spacial score (nSPS) is 12.3. The van der Waals surface area contributed by atoms with Gasteiger partial charge in [-0.3, -0.25) is 0 Å². The maximum Gasteiger partial charge on any atom is 0.145 e. The summed E-state index contributed by atoms with van der Waals surface area (Å²) in [4.78, 5) is 0. The largest absolute Gasteiger partial charge is 0.487 e. The van der Waals surface area contributed by atoms with Crippen LogP contribution < -0.4 is 10.1 Å². The highest BCUT2D eigenvalue weighted by atomic mass is 16.6. The lowest BCUT2D eigenvalue weighted by Crippen LogP contribution is -2.22. The zero-order valence-electron chi connectivity index (χ0n) is 12.9. The third-order valence-electron chi connectivity index (χ3n) is 3.45. The highest BCUT2D eigenvalue weighted by Gasteiger charge is 2.14. The van der Waals surface area contributed by atoms with Gasteiger partial charge in [-0.25, -0.2) is 4.63 Å². The first-order valence-electron chi connectivity index (χ1n) is 7.49. The van der Waals surface area contributed by atoms with E-state index >= 15 is 0 Å². The van der Waals surface area contributed by atoms with Crippen LogP contribution in [0.15, 0.2) is 28.9 Å². The van der Waals surface area contributed by atoms with E-state index in [0.29, 0.717) is 12.6 Å². The summed E-state index contributed by atoms with van der Waals surface area (Å²) >= 11 is 0. The topological polar surface area (TPSA) is 60.2 Å². The number of rotatable bonds is 8. The van der Waals surface area contributed by atoms with Crippen molar-refractivity contribution in [1.82, 2.24) is 15.6 Å². The predicted octanol–water partition coefficient (Wildman–Crippen LogP) is 3.41. The molecule has 21 heavy (non-hydrogen) atoms. The van der Waals surface area contributed by atoms with Crippen LogP contribution in [0.2, 0.25) is 0 Å². The number of benzene rings is 1. The SMILES string of the molecule is CCCNC(CC)c1ccccc1OCc1nonc1C. The molecule has 5 heteroatoms. The molecule has 2 aromatic rings. The predicted molar refractivity (Wildman–Crippen MR) is 81.1 cm³/mol. The van der Waals surface area contributed by atoms with Crippen LogP contribution in [0.4, 0.5) is 0 Å². The minimum Gasteiger partial charge on any atom is -0.487 e. The van der Waals surface area contributed by atoms with Gasteiger partial charge >= 0.3 is 0 Å². The van der Waals surface area contributed by atoms with E-state index in [1.165, 1.54) is 5.56 Å². The van der Waals surface area contributed by atoms with Gasteiger partial charge in [-0.1, -0.05) is 42.4 Å². The Labute approximate surface area is 125 Å². The van der Waals surface area contributed by atoms with Crippen molar-refractivity contribution in [3.63, 3.8) is 0 Å². The number of aryl methyl sites for hydroxylation is 1. The molecule has 1 unspecified atom stereocenters. The van der Waals surface area contributed by atoms with E-state index < -0.39 is 0 Å². The minimum atomic E-state index is 0.303. The fraction of sp³-hybridized carbons (Fsp3) is 0.500. The maximum absolute atomic E-state index is 5.92. The highest BCUT2D eigenvalue weighted by molar-refractivity contribution is 5.36. The Morgan fingerprint density at radius 3 is 2.71 bits per heavy atom. The lowest BCUT2D eigenvalue weighted by atomic mass is 10.0. The summed E-state index contributed by atoms with van der Waals surface area (Å²) in [5, 5.41) is 11.2. The van der Waals surface area contributed by atoms with E-state index in [0.717, 1.165) is 36.5 Å². The third-order valence-corrected chi connectivity index (χ3v) is 3.45. The Kier molecular flexibility index (Phi) is 5.75. The molecule has 0 saturated carbocycles. The number of nitrogens with one attached hydrogen (secondary N) is 1. The molecule has 1 heterocycles. The fourth-order valence-corrected chi connectivity index (χ4v) is 2.22. The lowest BCUT2D eigenvalue weighted by molar-refractivity contribution is 0.266. The highest BCUT2D eigenvalue weighted by Crippen LogP contribution is 2.27. The Bertz CT molecular complexity index is 554. The van der Waals surface area contributed by atoms with Crippen LogP contribution in [0.3, 0.4) is 0 Å². The number of aromatic nitrogens is 2. The molecule has 0 saturated heterocycles. The molecule has 0 amide bonds. The maximum atomic E-state index is 5.92. The van der Waals surface area contributed by atoms with Gasteiger partial charge in [0.2, 0.25) is 0 Å². The van der Waals surface area contributed by atoms with E-state index in [-0.39, 0.29) is 0 Å². The first-order valence-corrected chi connectivity index (χ1v) is 7.49. The second-order valence-corrected chi connectivity index (χ2v) is 5.04. The van der Waals surface area contributed by atoms with E-state index in [1.807, 2.05) is 25.1 Å². The number of nitrogens with zero attached hydrogens (tertiary/aromatic N) is 2. The van der Waals surface area contributed by atoms with E-state index in [9.17, 15) is 0 Å². The molecule has 1 aromatic carbocycles. The van der Waals surface area contributed by atoms with Crippen molar-refractivity contribution >= 4 is 0 Å². The second-order valence-electron chi connectivity index (χ2n) is 5.04. The van der Waals surface area contributed by atoms with Gasteiger partial charge in [0.15, 0.2) is 0 Å². The smallest absolute Gasteiger partial charge is 0.145 e. The Morgan fingerprint density at radius 1 is 1.24 bits per heavy atom. The van der Waals surface area contributed by atoms with Gasteiger partial charge < -0.3 is 10.1 Å². The van der Waals surface area contributed by atoms with Crippen molar-refractivity contribution in [2.24, 2.45) is 0 Å². The molecule has 0 fully saturated rings. The van der Waals surface area contributed by atoms with Gasteiger partial charge in [0, 0.05) is 11.6 Å². The summed E-state index contributed by atoms with van der Waals surface area (Å²) in [6.07, 6.45) is 2.13. The molecule has 0 aliphatic heterocycles. The molecule has 1 atom stereocenters. The molecule has 0 radical (unpaired) electrons. The molecule has 0 spiro atoms. The first-order chi connectivity index (χ1) is 10.3. The lowest BCUT2D eigenvalue weighted by Gasteiger charge is -2.20. The van der Waals surface area contributed by atoms with Gasteiger partial charge in [-0.2, -0.15) is 0 Å². The van der Waals surface area contributed by atoms with Crippen molar-refractivity contribution in [3.05, 3.63) is 41.2 Å². The molecule has 2 rings (SSSR count). The van der Waals surface area contributed by atoms with Crippen LogP contribution in [-0.2, 0) is 6.61 Å². The molecule has 5 nitrogen and oxygen atoms in total. The summed E-state index contributed by atoms with van der Waals surface area (Å²) < 4.78 is 10.6. The van der Waals surface area contributed by atoms with Crippen LogP contribution in [0, 0.1) is 6.92 Å². The Balaban J connectivity index is 2.10. The molecular weight excluding hydrogens is 266 g/mol. The summed E-state index contributed by atoms with van der Waals surface area (Å²) in [7, 11) is 0. The summed E-state index contributed by atoms with van der Waals surface area (Å²) in [6, 6.07) is 8.44. The van der Waals surface area contributed by atoms with E-state index in [2.05, 4.69) is 35.5 Å². The summed E-state index contributed by atoms with van der Waals surface area (Å²) in [5.41, 5.74) is 2.69. The summed E-state index contributed by atoms with van der Waals surface area (Å²) in [6.45, 7) is 7.58. The van der Waals surface area contributed by atoms with Crippen molar-refractivity contribution in [1.29, 1.82) is 0 Å².